The van der Waals surface area contributed by atoms with Crippen molar-refractivity contribution in [3.8, 4) is 5.75 Å². The van der Waals surface area contributed by atoms with Gasteiger partial charge in [0.2, 0.25) is 11.8 Å². The van der Waals surface area contributed by atoms with Crippen molar-refractivity contribution >= 4 is 23.2 Å². The van der Waals surface area contributed by atoms with Crippen molar-refractivity contribution in [1.82, 2.24) is 5.32 Å². The second-order valence-electron chi connectivity index (χ2n) is 6.98. The number of anilines is 2. The van der Waals surface area contributed by atoms with E-state index in [1.165, 1.54) is 0 Å². The molecule has 1 aliphatic rings. The highest BCUT2D eigenvalue weighted by molar-refractivity contribution is 6.01. The van der Waals surface area contributed by atoms with Crippen molar-refractivity contribution in [2.24, 2.45) is 5.92 Å². The molecule has 1 saturated heterocycles. The molecule has 3 rings (SSSR count). The van der Waals surface area contributed by atoms with Crippen LogP contribution in [0.5, 0.6) is 5.75 Å². The van der Waals surface area contributed by atoms with E-state index in [0.29, 0.717) is 18.8 Å². The molecule has 1 atom stereocenters. The Balaban J connectivity index is 1.47. The molecule has 0 aliphatic carbocycles. The van der Waals surface area contributed by atoms with Crippen LogP contribution in [0.4, 0.5) is 11.4 Å². The zero-order chi connectivity index (χ0) is 19.9. The summed E-state index contributed by atoms with van der Waals surface area (Å²) in [5.74, 6) is 0.201. The van der Waals surface area contributed by atoms with Gasteiger partial charge in [-0.25, -0.2) is 0 Å². The minimum Gasteiger partial charge on any atom is -0.495 e. The van der Waals surface area contributed by atoms with Crippen LogP contribution in [0.15, 0.2) is 54.6 Å². The molecule has 0 saturated carbocycles. The van der Waals surface area contributed by atoms with E-state index in [4.69, 9.17) is 4.74 Å². The minimum atomic E-state index is -0.329. The fraction of sp³-hybridized carbons (Fsp3) is 0.364. The third-order valence-corrected chi connectivity index (χ3v) is 5.04. The number of hydrogen-bond acceptors (Lipinski definition) is 4. The van der Waals surface area contributed by atoms with E-state index < -0.39 is 0 Å². The molecular weight excluding hydrogens is 354 g/mol. The van der Waals surface area contributed by atoms with Gasteiger partial charge < -0.3 is 19.9 Å². The number of para-hydroxylation sites is 3. The number of rotatable bonds is 8. The maximum atomic E-state index is 12.5. The summed E-state index contributed by atoms with van der Waals surface area (Å²) in [6, 6.07) is 17.5. The third kappa shape index (κ3) is 4.63. The van der Waals surface area contributed by atoms with Crippen LogP contribution < -0.4 is 19.9 Å². The number of hydrogen-bond donors (Lipinski definition) is 1. The number of amides is 2. The van der Waals surface area contributed by atoms with Crippen LogP contribution in [0.3, 0.4) is 0 Å². The van der Waals surface area contributed by atoms with E-state index in [1.54, 1.807) is 12.0 Å². The van der Waals surface area contributed by atoms with Crippen LogP contribution in [0, 0.1) is 5.92 Å². The first-order chi connectivity index (χ1) is 13.6. The Morgan fingerprint density at radius 3 is 2.64 bits per heavy atom. The molecule has 28 heavy (non-hydrogen) atoms. The van der Waals surface area contributed by atoms with E-state index in [2.05, 4.69) is 22.3 Å². The molecule has 2 aromatic rings. The maximum absolute atomic E-state index is 12.5. The summed E-state index contributed by atoms with van der Waals surface area (Å²) in [7, 11) is 3.62. The largest absolute Gasteiger partial charge is 0.495 e. The summed E-state index contributed by atoms with van der Waals surface area (Å²) in [6.45, 7) is 1.82. The third-order valence-electron chi connectivity index (χ3n) is 5.04. The summed E-state index contributed by atoms with van der Waals surface area (Å²) in [6.07, 6.45) is 1.07. The van der Waals surface area contributed by atoms with Crippen molar-refractivity contribution in [2.75, 3.05) is 43.6 Å². The predicted octanol–water partition coefficient (Wildman–Crippen LogP) is 2.69. The second-order valence-corrected chi connectivity index (χ2v) is 6.98. The SMILES string of the molecule is COc1ccccc1N1C[C@@H](C(=O)NCCCN(C)c2ccccc2)CC1=O. The molecule has 1 aliphatic heterocycles. The smallest absolute Gasteiger partial charge is 0.227 e. The van der Waals surface area contributed by atoms with Gasteiger partial charge in [-0.2, -0.15) is 0 Å². The monoisotopic (exact) mass is 381 g/mol. The summed E-state index contributed by atoms with van der Waals surface area (Å²) in [5.41, 5.74) is 1.87. The Morgan fingerprint density at radius 2 is 1.89 bits per heavy atom. The van der Waals surface area contributed by atoms with Crippen LogP contribution in [-0.4, -0.2) is 45.6 Å². The van der Waals surface area contributed by atoms with Gasteiger partial charge in [0, 0.05) is 38.8 Å². The number of methoxy groups -OCH3 is 1. The summed E-state index contributed by atoms with van der Waals surface area (Å²) in [5, 5.41) is 2.98. The Bertz CT molecular complexity index is 810. The molecule has 0 spiro atoms. The van der Waals surface area contributed by atoms with Crippen molar-refractivity contribution in [3.05, 3.63) is 54.6 Å². The van der Waals surface area contributed by atoms with Gasteiger partial charge in [0.05, 0.1) is 18.7 Å². The van der Waals surface area contributed by atoms with E-state index in [9.17, 15) is 9.59 Å². The van der Waals surface area contributed by atoms with E-state index in [0.717, 1.165) is 24.3 Å². The van der Waals surface area contributed by atoms with Gasteiger partial charge in [-0.3, -0.25) is 9.59 Å². The van der Waals surface area contributed by atoms with Gasteiger partial charge >= 0.3 is 0 Å². The molecule has 1 N–H and O–H groups in total. The zero-order valence-corrected chi connectivity index (χ0v) is 16.4. The lowest BCUT2D eigenvalue weighted by Crippen LogP contribution is -2.34. The van der Waals surface area contributed by atoms with Gasteiger partial charge in [-0.05, 0) is 30.7 Å². The molecule has 0 bridgehead atoms. The topological polar surface area (TPSA) is 61.9 Å². The quantitative estimate of drug-likeness (QED) is 0.714. The lowest BCUT2D eigenvalue weighted by Gasteiger charge is -2.20. The summed E-state index contributed by atoms with van der Waals surface area (Å²) >= 11 is 0. The van der Waals surface area contributed by atoms with Crippen molar-refractivity contribution in [2.45, 2.75) is 12.8 Å². The minimum absolute atomic E-state index is 0.0477. The first kappa shape index (κ1) is 19.7. The van der Waals surface area contributed by atoms with Crippen LogP contribution >= 0.6 is 0 Å². The number of nitrogens with zero attached hydrogens (tertiary/aromatic N) is 2. The number of benzene rings is 2. The van der Waals surface area contributed by atoms with Gasteiger partial charge in [0.15, 0.2) is 0 Å². The molecule has 2 aromatic carbocycles. The highest BCUT2D eigenvalue weighted by atomic mass is 16.5. The Morgan fingerprint density at radius 1 is 1.18 bits per heavy atom. The van der Waals surface area contributed by atoms with Crippen LogP contribution in [-0.2, 0) is 9.59 Å². The number of carbonyl (C=O) groups is 2. The van der Waals surface area contributed by atoms with Gasteiger partial charge in [-0.1, -0.05) is 30.3 Å². The van der Waals surface area contributed by atoms with E-state index in [-0.39, 0.29) is 24.2 Å². The van der Waals surface area contributed by atoms with E-state index in [1.807, 2.05) is 49.5 Å². The lowest BCUT2D eigenvalue weighted by molar-refractivity contribution is -0.126. The fourth-order valence-corrected chi connectivity index (χ4v) is 3.45. The van der Waals surface area contributed by atoms with Crippen molar-refractivity contribution < 1.29 is 14.3 Å². The van der Waals surface area contributed by atoms with Crippen molar-refractivity contribution in [1.29, 1.82) is 0 Å². The number of ether oxygens (including phenoxy) is 1. The zero-order valence-electron chi connectivity index (χ0n) is 16.4. The molecular formula is C22H27N3O3. The van der Waals surface area contributed by atoms with Crippen LogP contribution in [0.1, 0.15) is 12.8 Å². The van der Waals surface area contributed by atoms with Crippen molar-refractivity contribution in [3.63, 3.8) is 0 Å². The molecule has 1 fully saturated rings. The molecule has 148 valence electrons. The first-order valence-corrected chi connectivity index (χ1v) is 9.57. The molecule has 0 unspecified atom stereocenters. The predicted molar refractivity (Wildman–Crippen MR) is 111 cm³/mol. The molecule has 0 aromatic heterocycles. The molecule has 6 heteroatoms. The average Bonchev–Trinajstić information content (AvgIpc) is 3.13. The number of carbonyl (C=O) groups excluding carboxylic acids is 2. The van der Waals surface area contributed by atoms with Gasteiger partial charge in [-0.15, -0.1) is 0 Å². The summed E-state index contributed by atoms with van der Waals surface area (Å²) in [4.78, 5) is 28.7. The maximum Gasteiger partial charge on any atom is 0.227 e. The second kappa shape index (κ2) is 9.26. The van der Waals surface area contributed by atoms with Crippen LogP contribution in [0.2, 0.25) is 0 Å². The van der Waals surface area contributed by atoms with Gasteiger partial charge in [0.1, 0.15) is 5.75 Å². The Labute approximate surface area is 166 Å². The fourth-order valence-electron chi connectivity index (χ4n) is 3.45. The summed E-state index contributed by atoms with van der Waals surface area (Å²) < 4.78 is 5.34. The normalized spacial score (nSPS) is 16.1. The average molecular weight is 381 g/mol. The molecule has 0 radical (unpaired) electrons. The standard InChI is InChI=1S/C22H27N3O3/c1-24(18-9-4-3-5-10-18)14-8-13-23-22(27)17-15-21(26)25(16-17)19-11-6-7-12-20(19)28-2/h3-7,9-12,17H,8,13-16H2,1-2H3,(H,23,27)/t17-/m0/s1. The molecule has 6 nitrogen and oxygen atoms in total. The Hall–Kier alpha value is -3.02. The number of nitrogens with one attached hydrogen (secondary N) is 1. The molecule has 2 amide bonds. The van der Waals surface area contributed by atoms with Crippen LogP contribution in [0.25, 0.3) is 0 Å². The highest BCUT2D eigenvalue weighted by Gasteiger charge is 2.36. The Kier molecular flexibility index (Phi) is 6.53. The van der Waals surface area contributed by atoms with E-state index >= 15 is 0 Å². The highest BCUT2D eigenvalue weighted by Crippen LogP contribution is 2.32. The lowest BCUT2D eigenvalue weighted by atomic mass is 10.1. The molecule has 1 heterocycles. The first-order valence-electron chi connectivity index (χ1n) is 9.57. The van der Waals surface area contributed by atoms with Gasteiger partial charge in [0.25, 0.3) is 0 Å².